The number of ether oxygens (including phenoxy) is 1. The van der Waals surface area contributed by atoms with Crippen LogP contribution in [0.5, 0.6) is 11.6 Å². The molecule has 0 saturated carbocycles. The molecule has 0 saturated heterocycles. The minimum atomic E-state index is -0.477. The van der Waals surface area contributed by atoms with Crippen molar-refractivity contribution in [3.8, 4) is 22.9 Å². The van der Waals surface area contributed by atoms with Gasteiger partial charge in [-0.25, -0.2) is 9.78 Å². The van der Waals surface area contributed by atoms with E-state index < -0.39 is 11.7 Å². The number of benzene rings is 2. The van der Waals surface area contributed by atoms with Crippen LogP contribution in [0.2, 0.25) is 0 Å². The zero-order valence-electron chi connectivity index (χ0n) is 17.1. The van der Waals surface area contributed by atoms with Gasteiger partial charge in [-0.05, 0) is 71.0 Å². The van der Waals surface area contributed by atoms with Crippen LogP contribution in [0.3, 0.4) is 0 Å². The van der Waals surface area contributed by atoms with Crippen LogP contribution < -0.4 is 10.4 Å². The van der Waals surface area contributed by atoms with Crippen molar-refractivity contribution in [2.75, 3.05) is 13.2 Å². The first-order valence-corrected chi connectivity index (χ1v) is 11.0. The van der Waals surface area contributed by atoms with E-state index >= 15 is 0 Å². The first kappa shape index (κ1) is 21.4. The summed E-state index contributed by atoms with van der Waals surface area (Å²) < 4.78 is 7.79. The van der Waals surface area contributed by atoms with Gasteiger partial charge in [0.25, 0.3) is 0 Å². The van der Waals surface area contributed by atoms with Crippen molar-refractivity contribution in [2.45, 2.75) is 19.9 Å². The van der Waals surface area contributed by atoms with Gasteiger partial charge < -0.3 is 24.9 Å². The molecule has 0 aliphatic heterocycles. The van der Waals surface area contributed by atoms with E-state index in [1.165, 1.54) is 4.57 Å². The zero-order chi connectivity index (χ0) is 22.1. The summed E-state index contributed by atoms with van der Waals surface area (Å²) in [7, 11) is 0. The number of aliphatic hydroxyl groups excluding tert-OH is 1. The van der Waals surface area contributed by atoms with E-state index in [0.717, 1.165) is 14.6 Å². The molecule has 2 heterocycles. The van der Waals surface area contributed by atoms with E-state index in [4.69, 9.17) is 9.84 Å². The van der Waals surface area contributed by atoms with Gasteiger partial charge in [-0.3, -0.25) is 4.57 Å². The van der Waals surface area contributed by atoms with Crippen LogP contribution in [0.1, 0.15) is 25.7 Å². The van der Waals surface area contributed by atoms with E-state index in [1.54, 1.807) is 24.3 Å². The van der Waals surface area contributed by atoms with Gasteiger partial charge in [0, 0.05) is 9.13 Å². The van der Waals surface area contributed by atoms with Crippen LogP contribution in [-0.2, 0) is 0 Å². The quantitative estimate of drug-likeness (QED) is 0.270. The Kier molecular flexibility index (Phi) is 6.05. The molecule has 2 aromatic heterocycles. The molecule has 0 aliphatic carbocycles. The molecule has 0 bridgehead atoms. The third-order valence-corrected chi connectivity index (χ3v) is 5.73. The number of aromatic hydroxyl groups is 1. The van der Waals surface area contributed by atoms with Gasteiger partial charge >= 0.3 is 5.69 Å². The summed E-state index contributed by atoms with van der Waals surface area (Å²) in [4.78, 5) is 23.6. The molecule has 2 aromatic carbocycles. The number of aromatic amines is 2. The lowest BCUT2D eigenvalue weighted by Crippen LogP contribution is -2.27. The highest BCUT2D eigenvalue weighted by Crippen LogP contribution is 2.34. The number of fused-ring (bicyclic) bond motifs is 1. The Morgan fingerprint density at radius 2 is 1.90 bits per heavy atom. The van der Waals surface area contributed by atoms with Crippen molar-refractivity contribution in [2.24, 2.45) is 5.92 Å². The summed E-state index contributed by atoms with van der Waals surface area (Å²) >= 11 is 2.24. The Balaban J connectivity index is 1.75. The largest absolute Gasteiger partial charge is 0.493 e. The summed E-state index contributed by atoms with van der Waals surface area (Å²) in [6, 6.07) is 12.4. The fraction of sp³-hybridized carbons (Fsp3) is 0.273. The number of H-pyrrole nitrogens is 2. The molecule has 0 aliphatic rings. The average Bonchev–Trinajstić information content (AvgIpc) is 3.28. The number of halogens is 1. The molecule has 31 heavy (non-hydrogen) atoms. The second-order valence-electron chi connectivity index (χ2n) is 7.57. The molecular weight excluding hydrogens is 511 g/mol. The normalized spacial score (nSPS) is 12.5. The number of nitrogens with one attached hydrogen (secondary N) is 2. The second-order valence-corrected chi connectivity index (χ2v) is 8.81. The van der Waals surface area contributed by atoms with Gasteiger partial charge in [-0.1, -0.05) is 13.8 Å². The van der Waals surface area contributed by atoms with Gasteiger partial charge in [0.05, 0.1) is 17.6 Å². The Hall–Kier alpha value is -2.79. The van der Waals surface area contributed by atoms with Gasteiger partial charge in [0.15, 0.2) is 0 Å². The maximum atomic E-state index is 12.9. The molecular formula is C22H23IN4O4. The molecule has 0 radical (unpaired) electrons. The number of hydrogen-bond donors (Lipinski definition) is 4. The van der Waals surface area contributed by atoms with Gasteiger partial charge in [-0.2, -0.15) is 0 Å². The molecule has 0 unspecified atom stereocenters. The predicted octanol–water partition coefficient (Wildman–Crippen LogP) is 3.65. The van der Waals surface area contributed by atoms with Crippen LogP contribution in [0.25, 0.3) is 22.3 Å². The first-order valence-electron chi connectivity index (χ1n) is 9.91. The third-order valence-electron chi connectivity index (χ3n) is 5.06. The lowest BCUT2D eigenvalue weighted by molar-refractivity contribution is 0.201. The number of hydrogen-bond acceptors (Lipinski definition) is 5. The zero-order valence-corrected chi connectivity index (χ0v) is 19.3. The molecule has 162 valence electrons. The molecule has 0 spiro atoms. The number of rotatable bonds is 7. The van der Waals surface area contributed by atoms with Gasteiger partial charge in [0.2, 0.25) is 5.88 Å². The van der Waals surface area contributed by atoms with Crippen molar-refractivity contribution in [1.82, 2.24) is 19.5 Å². The standard InChI is InChI=1S/C22H23IN4O4/c1-12(2)19(20-24-16-8-5-14(23)11-17(16)25-20)27-21(29)18(26-22(27)30)13-3-6-15(7-4-13)31-10-9-28/h3-8,11-12,19,28-29H,9-10H2,1-2H3,(H,24,25)(H,26,30)/t19-/m0/s1. The van der Waals surface area contributed by atoms with Crippen LogP contribution in [-0.4, -0.2) is 42.9 Å². The molecule has 4 rings (SSSR count). The minimum Gasteiger partial charge on any atom is -0.493 e. The molecule has 8 nitrogen and oxygen atoms in total. The van der Waals surface area contributed by atoms with E-state index in [0.29, 0.717) is 22.8 Å². The SMILES string of the molecule is CC(C)[C@@H](c1nc2ccc(I)cc2[nH]1)n1c(O)c(-c2ccc(OCCO)cc2)[nH]c1=O. The molecule has 9 heteroatoms. The molecule has 4 N–H and O–H groups in total. The number of aromatic nitrogens is 4. The summed E-state index contributed by atoms with van der Waals surface area (Å²) in [6.45, 7) is 4.08. The summed E-state index contributed by atoms with van der Waals surface area (Å²) in [5.74, 6) is 1.04. The topological polar surface area (TPSA) is 116 Å². The lowest BCUT2D eigenvalue weighted by atomic mass is 10.0. The van der Waals surface area contributed by atoms with Crippen molar-refractivity contribution in [3.05, 3.63) is 62.3 Å². The maximum absolute atomic E-state index is 12.9. The van der Waals surface area contributed by atoms with Crippen LogP contribution in [0.15, 0.2) is 47.3 Å². The van der Waals surface area contributed by atoms with Crippen LogP contribution in [0, 0.1) is 9.49 Å². The van der Waals surface area contributed by atoms with Gasteiger partial charge in [-0.15, -0.1) is 0 Å². The Bertz CT molecular complexity index is 1260. The predicted molar refractivity (Wildman–Crippen MR) is 127 cm³/mol. The Morgan fingerprint density at radius 3 is 2.58 bits per heavy atom. The fourth-order valence-electron chi connectivity index (χ4n) is 3.66. The van der Waals surface area contributed by atoms with Crippen LogP contribution >= 0.6 is 22.6 Å². The molecule has 4 aromatic rings. The van der Waals surface area contributed by atoms with Crippen molar-refractivity contribution < 1.29 is 14.9 Å². The van der Waals surface area contributed by atoms with E-state index in [-0.39, 0.29) is 25.0 Å². The third kappa shape index (κ3) is 4.19. The number of aliphatic hydroxyl groups is 1. The second kappa shape index (κ2) is 8.75. The summed E-state index contributed by atoms with van der Waals surface area (Å²) in [6.07, 6.45) is 0. The molecule has 1 atom stereocenters. The lowest BCUT2D eigenvalue weighted by Gasteiger charge is -2.20. The van der Waals surface area contributed by atoms with Crippen molar-refractivity contribution >= 4 is 33.6 Å². The highest BCUT2D eigenvalue weighted by atomic mass is 127. The highest BCUT2D eigenvalue weighted by Gasteiger charge is 2.28. The smallest absolute Gasteiger partial charge is 0.329 e. The van der Waals surface area contributed by atoms with Gasteiger partial charge in [0.1, 0.15) is 29.9 Å². The number of imidazole rings is 2. The van der Waals surface area contributed by atoms with Crippen LogP contribution in [0.4, 0.5) is 0 Å². The van der Waals surface area contributed by atoms with E-state index in [2.05, 4.69) is 37.5 Å². The summed E-state index contributed by atoms with van der Waals surface area (Å²) in [5, 5.41) is 19.9. The van der Waals surface area contributed by atoms with Crippen molar-refractivity contribution in [1.29, 1.82) is 0 Å². The monoisotopic (exact) mass is 534 g/mol. The average molecular weight is 534 g/mol. The summed E-state index contributed by atoms with van der Waals surface area (Å²) in [5.41, 5.74) is 2.25. The highest BCUT2D eigenvalue weighted by molar-refractivity contribution is 14.1. The Labute approximate surface area is 192 Å². The minimum absolute atomic E-state index is 0.0128. The van der Waals surface area contributed by atoms with E-state index in [9.17, 15) is 9.90 Å². The van der Waals surface area contributed by atoms with E-state index in [1.807, 2.05) is 32.0 Å². The first-order chi connectivity index (χ1) is 14.9. The fourth-order valence-corrected chi connectivity index (χ4v) is 4.15. The number of nitrogens with zero attached hydrogens (tertiary/aromatic N) is 2. The maximum Gasteiger partial charge on any atom is 0.329 e. The molecule has 0 amide bonds. The Morgan fingerprint density at radius 1 is 1.16 bits per heavy atom. The van der Waals surface area contributed by atoms with Crippen molar-refractivity contribution in [3.63, 3.8) is 0 Å². The molecule has 0 fully saturated rings.